The van der Waals surface area contributed by atoms with Gasteiger partial charge in [-0.1, -0.05) is 29.8 Å². The van der Waals surface area contributed by atoms with Gasteiger partial charge in [0.2, 0.25) is 0 Å². The molecule has 2 N–H and O–H groups in total. The Balaban J connectivity index is 1.70. The summed E-state index contributed by atoms with van der Waals surface area (Å²) in [5.74, 6) is -1.08. The minimum absolute atomic E-state index is 0.0573. The summed E-state index contributed by atoms with van der Waals surface area (Å²) in [6.45, 7) is 6.86. The van der Waals surface area contributed by atoms with Gasteiger partial charge in [-0.05, 0) is 27.7 Å². The van der Waals surface area contributed by atoms with E-state index in [0.717, 1.165) is 16.8 Å². The largest absolute Gasteiger partial charge is 0.456 e. The first-order chi connectivity index (χ1) is 13.6. The van der Waals surface area contributed by atoms with Crippen LogP contribution in [0.1, 0.15) is 32.8 Å². The number of hydrogen-bond acceptors (Lipinski definition) is 7. The highest BCUT2D eigenvalue weighted by atomic mass is 32.1. The molecular formula is C20H25N3O5S. The van der Waals surface area contributed by atoms with Crippen molar-refractivity contribution in [1.82, 2.24) is 10.3 Å². The first kappa shape index (κ1) is 22.4. The lowest BCUT2D eigenvalue weighted by Gasteiger charge is -2.19. The topological polar surface area (TPSA) is 107 Å². The maximum Gasteiger partial charge on any atom is 0.407 e. The zero-order valence-corrected chi connectivity index (χ0v) is 17.7. The zero-order chi connectivity index (χ0) is 21.4. The molecule has 0 aliphatic heterocycles. The number of nitrogens with one attached hydrogen (secondary N) is 2. The van der Waals surface area contributed by atoms with Crippen molar-refractivity contribution in [2.45, 2.75) is 39.7 Å². The van der Waals surface area contributed by atoms with Crippen LogP contribution in [0.2, 0.25) is 0 Å². The molecule has 0 atom stereocenters. The molecular weight excluding hydrogens is 394 g/mol. The molecule has 0 radical (unpaired) electrons. The second-order valence-electron chi connectivity index (χ2n) is 7.29. The molecule has 2 rings (SSSR count). The van der Waals surface area contributed by atoms with Gasteiger partial charge in [-0.15, -0.1) is 11.3 Å². The molecule has 0 aliphatic rings. The third kappa shape index (κ3) is 8.30. The Morgan fingerprint density at radius 1 is 1.14 bits per heavy atom. The van der Waals surface area contributed by atoms with Crippen molar-refractivity contribution < 1.29 is 23.9 Å². The van der Waals surface area contributed by atoms with Crippen molar-refractivity contribution in [3.05, 3.63) is 35.2 Å². The van der Waals surface area contributed by atoms with Gasteiger partial charge in [0.05, 0.1) is 12.1 Å². The molecule has 0 spiro atoms. The smallest absolute Gasteiger partial charge is 0.407 e. The first-order valence-corrected chi connectivity index (χ1v) is 9.95. The quantitative estimate of drug-likeness (QED) is 0.665. The monoisotopic (exact) mass is 419 g/mol. The molecule has 1 aromatic carbocycles. The Kier molecular flexibility index (Phi) is 7.72. The SMILES string of the molecule is Cc1ccc(-c2csc(NC(=O)COC(=O)CCNC(=O)OC(C)(C)C)n2)cc1. The summed E-state index contributed by atoms with van der Waals surface area (Å²) in [7, 11) is 0. The Bertz CT molecular complexity index is 856. The lowest BCUT2D eigenvalue weighted by molar-refractivity contribution is -0.147. The van der Waals surface area contributed by atoms with Gasteiger partial charge in [0, 0.05) is 17.5 Å². The number of ether oxygens (including phenoxy) is 2. The average molecular weight is 420 g/mol. The van der Waals surface area contributed by atoms with E-state index in [-0.39, 0.29) is 13.0 Å². The number of alkyl carbamates (subject to hydrolysis) is 1. The molecule has 0 saturated carbocycles. The molecule has 0 bridgehead atoms. The van der Waals surface area contributed by atoms with Crippen LogP contribution in [-0.4, -0.2) is 41.7 Å². The maximum atomic E-state index is 11.9. The van der Waals surface area contributed by atoms with Crippen molar-refractivity contribution in [2.75, 3.05) is 18.5 Å². The van der Waals surface area contributed by atoms with E-state index in [1.807, 2.05) is 36.6 Å². The highest BCUT2D eigenvalue weighted by Crippen LogP contribution is 2.25. The Morgan fingerprint density at radius 2 is 1.83 bits per heavy atom. The molecule has 29 heavy (non-hydrogen) atoms. The summed E-state index contributed by atoms with van der Waals surface area (Å²) in [4.78, 5) is 39.4. The van der Waals surface area contributed by atoms with Crippen molar-refractivity contribution in [3.8, 4) is 11.3 Å². The lowest BCUT2D eigenvalue weighted by atomic mass is 10.1. The Labute approximate surface area is 173 Å². The highest BCUT2D eigenvalue weighted by molar-refractivity contribution is 7.14. The van der Waals surface area contributed by atoms with E-state index in [2.05, 4.69) is 15.6 Å². The number of esters is 1. The average Bonchev–Trinajstić information content (AvgIpc) is 3.07. The number of rotatable bonds is 7. The van der Waals surface area contributed by atoms with Crippen LogP contribution in [0.3, 0.4) is 0 Å². The number of aryl methyl sites for hydroxylation is 1. The van der Waals surface area contributed by atoms with Crippen LogP contribution in [0.4, 0.5) is 9.93 Å². The fraction of sp³-hybridized carbons (Fsp3) is 0.400. The maximum absolute atomic E-state index is 11.9. The minimum atomic E-state index is -0.615. The third-order valence-corrected chi connectivity index (χ3v) is 4.22. The predicted octanol–water partition coefficient (Wildman–Crippen LogP) is 3.52. The second kappa shape index (κ2) is 10.0. The van der Waals surface area contributed by atoms with Gasteiger partial charge < -0.3 is 14.8 Å². The normalized spacial score (nSPS) is 10.9. The first-order valence-electron chi connectivity index (χ1n) is 9.07. The molecule has 1 heterocycles. The van der Waals surface area contributed by atoms with Gasteiger partial charge >= 0.3 is 12.1 Å². The van der Waals surface area contributed by atoms with Crippen molar-refractivity contribution in [3.63, 3.8) is 0 Å². The summed E-state index contributed by atoms with van der Waals surface area (Å²) in [6, 6.07) is 7.90. The van der Waals surface area contributed by atoms with E-state index >= 15 is 0 Å². The van der Waals surface area contributed by atoms with Gasteiger partial charge in [-0.2, -0.15) is 0 Å². The van der Waals surface area contributed by atoms with Crippen molar-refractivity contribution >= 4 is 34.4 Å². The molecule has 0 aliphatic carbocycles. The standard InChI is InChI=1S/C20H25N3O5S/c1-13-5-7-14(8-6-13)15-12-29-18(22-15)23-16(24)11-27-17(25)9-10-21-19(26)28-20(2,3)4/h5-8,12H,9-11H2,1-4H3,(H,21,26)(H,22,23,24). The Morgan fingerprint density at radius 3 is 2.48 bits per heavy atom. The molecule has 0 fully saturated rings. The van der Waals surface area contributed by atoms with Crippen LogP contribution in [0.5, 0.6) is 0 Å². The summed E-state index contributed by atoms with van der Waals surface area (Å²) >= 11 is 1.29. The van der Waals surface area contributed by atoms with Crippen LogP contribution < -0.4 is 10.6 Å². The van der Waals surface area contributed by atoms with Crippen LogP contribution >= 0.6 is 11.3 Å². The zero-order valence-electron chi connectivity index (χ0n) is 16.9. The number of aromatic nitrogens is 1. The van der Waals surface area contributed by atoms with E-state index in [1.54, 1.807) is 20.8 Å². The van der Waals surface area contributed by atoms with Crippen LogP contribution in [0.15, 0.2) is 29.6 Å². The molecule has 156 valence electrons. The summed E-state index contributed by atoms with van der Waals surface area (Å²) in [5, 5.41) is 7.32. The van der Waals surface area contributed by atoms with Crippen molar-refractivity contribution in [2.24, 2.45) is 0 Å². The van der Waals surface area contributed by atoms with E-state index in [4.69, 9.17) is 9.47 Å². The number of carbonyl (C=O) groups is 3. The molecule has 9 heteroatoms. The van der Waals surface area contributed by atoms with Crippen molar-refractivity contribution in [1.29, 1.82) is 0 Å². The number of carbonyl (C=O) groups excluding carboxylic acids is 3. The molecule has 2 aromatic rings. The molecule has 2 amide bonds. The van der Waals surface area contributed by atoms with E-state index in [0.29, 0.717) is 5.13 Å². The minimum Gasteiger partial charge on any atom is -0.456 e. The fourth-order valence-electron chi connectivity index (χ4n) is 2.14. The highest BCUT2D eigenvalue weighted by Gasteiger charge is 2.16. The van der Waals surface area contributed by atoms with E-state index in [9.17, 15) is 14.4 Å². The second-order valence-corrected chi connectivity index (χ2v) is 8.15. The van der Waals surface area contributed by atoms with Crippen LogP contribution in [0.25, 0.3) is 11.3 Å². The number of amides is 2. The molecule has 0 saturated heterocycles. The van der Waals surface area contributed by atoms with Gasteiger partial charge in [-0.3, -0.25) is 14.9 Å². The number of benzene rings is 1. The van der Waals surface area contributed by atoms with Gasteiger partial charge in [0.1, 0.15) is 5.60 Å². The number of thiazole rings is 1. The molecule has 1 aromatic heterocycles. The van der Waals surface area contributed by atoms with Crippen LogP contribution in [-0.2, 0) is 19.1 Å². The van der Waals surface area contributed by atoms with Gasteiger partial charge in [0.15, 0.2) is 11.7 Å². The lowest BCUT2D eigenvalue weighted by Crippen LogP contribution is -2.34. The fourth-order valence-corrected chi connectivity index (χ4v) is 2.88. The number of anilines is 1. The third-order valence-electron chi connectivity index (χ3n) is 3.46. The predicted molar refractivity (Wildman–Crippen MR) is 111 cm³/mol. The summed E-state index contributed by atoms with van der Waals surface area (Å²) in [6.07, 6.45) is -0.683. The van der Waals surface area contributed by atoms with E-state index in [1.165, 1.54) is 11.3 Å². The summed E-state index contributed by atoms with van der Waals surface area (Å²) in [5.41, 5.74) is 2.25. The van der Waals surface area contributed by atoms with Gasteiger partial charge in [-0.25, -0.2) is 9.78 Å². The molecule has 0 unspecified atom stereocenters. The Hall–Kier alpha value is -2.94. The van der Waals surface area contributed by atoms with Gasteiger partial charge in [0.25, 0.3) is 5.91 Å². The summed E-state index contributed by atoms with van der Waals surface area (Å²) < 4.78 is 9.95. The number of hydrogen-bond donors (Lipinski definition) is 2. The molecule has 8 nitrogen and oxygen atoms in total. The number of nitrogens with zero attached hydrogens (tertiary/aromatic N) is 1. The van der Waals surface area contributed by atoms with E-state index < -0.39 is 30.2 Å². The van der Waals surface area contributed by atoms with Crippen LogP contribution in [0, 0.1) is 6.92 Å².